The number of fused-ring (bicyclic) bond motifs is 3. The summed E-state index contributed by atoms with van der Waals surface area (Å²) in [6.07, 6.45) is 3.72. The van der Waals surface area contributed by atoms with Gasteiger partial charge in [-0.15, -0.1) is 10.2 Å². The maximum absolute atomic E-state index is 13.3. The first kappa shape index (κ1) is 16.1. The van der Waals surface area contributed by atoms with Crippen molar-refractivity contribution in [2.45, 2.75) is 58.2 Å². The number of rotatable bonds is 4. The largest absolute Gasteiger partial charge is 0.493 e. The fraction of sp³-hybridized carbons (Fsp3) is 0.526. The van der Waals surface area contributed by atoms with Gasteiger partial charge in [0.1, 0.15) is 17.4 Å². The van der Waals surface area contributed by atoms with Gasteiger partial charge in [0.25, 0.3) is 5.91 Å². The number of nitrogens with zero attached hydrogens (tertiary/aromatic N) is 4. The zero-order valence-corrected chi connectivity index (χ0v) is 14.8. The van der Waals surface area contributed by atoms with Crippen LogP contribution in [0.2, 0.25) is 0 Å². The predicted octanol–water partition coefficient (Wildman–Crippen LogP) is 2.47. The van der Waals surface area contributed by atoms with E-state index in [0.717, 1.165) is 43.9 Å². The SMILES string of the molecule is CCOc1ccccc1C(=O)N1[C@@H]2CC[C@H]1Cc1nnc(CC)n1C2. The van der Waals surface area contributed by atoms with E-state index in [1.54, 1.807) is 0 Å². The lowest BCUT2D eigenvalue weighted by Gasteiger charge is -2.28. The van der Waals surface area contributed by atoms with E-state index in [1.807, 2.05) is 31.2 Å². The Hall–Kier alpha value is -2.37. The summed E-state index contributed by atoms with van der Waals surface area (Å²) in [5.41, 5.74) is 0.662. The smallest absolute Gasteiger partial charge is 0.258 e. The Morgan fingerprint density at radius 2 is 2.00 bits per heavy atom. The second-order valence-electron chi connectivity index (χ2n) is 6.73. The van der Waals surface area contributed by atoms with E-state index in [9.17, 15) is 4.79 Å². The van der Waals surface area contributed by atoms with E-state index in [0.29, 0.717) is 17.9 Å². The molecular formula is C19H24N4O2. The topological polar surface area (TPSA) is 60.2 Å². The molecule has 0 aliphatic carbocycles. The minimum atomic E-state index is 0.0771. The molecule has 132 valence electrons. The Morgan fingerprint density at radius 3 is 2.80 bits per heavy atom. The number of aryl methyl sites for hydroxylation is 1. The van der Waals surface area contributed by atoms with Crippen LogP contribution in [0, 0.1) is 0 Å². The normalized spacial score (nSPS) is 21.8. The van der Waals surface area contributed by atoms with Crippen molar-refractivity contribution in [2.75, 3.05) is 6.61 Å². The molecule has 2 aliphatic heterocycles. The maximum atomic E-state index is 13.3. The number of para-hydroxylation sites is 1. The quantitative estimate of drug-likeness (QED) is 0.858. The molecule has 2 bridgehead atoms. The third-order valence-electron chi connectivity index (χ3n) is 5.30. The van der Waals surface area contributed by atoms with Gasteiger partial charge >= 0.3 is 0 Å². The first-order valence-electron chi connectivity index (χ1n) is 9.18. The van der Waals surface area contributed by atoms with Gasteiger partial charge in [0.05, 0.1) is 18.2 Å². The van der Waals surface area contributed by atoms with Crippen LogP contribution < -0.4 is 4.74 Å². The van der Waals surface area contributed by atoms with Gasteiger partial charge < -0.3 is 14.2 Å². The van der Waals surface area contributed by atoms with Crippen LogP contribution in [0.15, 0.2) is 24.3 Å². The number of ether oxygens (including phenoxy) is 1. The molecule has 2 atom stereocenters. The molecule has 1 fully saturated rings. The number of carbonyl (C=O) groups excluding carboxylic acids is 1. The Morgan fingerprint density at radius 1 is 1.20 bits per heavy atom. The van der Waals surface area contributed by atoms with Crippen LogP contribution in [0.3, 0.4) is 0 Å². The average Bonchev–Trinajstić information content (AvgIpc) is 3.14. The minimum absolute atomic E-state index is 0.0771. The molecular weight excluding hydrogens is 316 g/mol. The molecule has 0 radical (unpaired) electrons. The number of aromatic nitrogens is 3. The van der Waals surface area contributed by atoms with E-state index >= 15 is 0 Å². The van der Waals surface area contributed by atoms with Crippen LogP contribution in [-0.4, -0.2) is 44.3 Å². The molecule has 1 aromatic carbocycles. The molecule has 2 aromatic rings. The summed E-state index contributed by atoms with van der Waals surface area (Å²) in [6, 6.07) is 7.96. The summed E-state index contributed by atoms with van der Waals surface area (Å²) in [4.78, 5) is 15.4. The van der Waals surface area contributed by atoms with Gasteiger partial charge in [-0.1, -0.05) is 19.1 Å². The van der Waals surface area contributed by atoms with Crippen molar-refractivity contribution >= 4 is 5.91 Å². The lowest BCUT2D eigenvalue weighted by molar-refractivity contribution is 0.0661. The molecule has 4 rings (SSSR count). The summed E-state index contributed by atoms with van der Waals surface area (Å²) in [7, 11) is 0. The van der Waals surface area contributed by atoms with Crippen LogP contribution in [-0.2, 0) is 19.4 Å². The highest BCUT2D eigenvalue weighted by Gasteiger charge is 2.41. The zero-order chi connectivity index (χ0) is 17.4. The molecule has 1 aromatic heterocycles. The van der Waals surface area contributed by atoms with Crippen LogP contribution in [0.25, 0.3) is 0 Å². The van der Waals surface area contributed by atoms with Crippen LogP contribution in [0.4, 0.5) is 0 Å². The summed E-state index contributed by atoms with van der Waals surface area (Å²) in [5.74, 6) is 2.78. The van der Waals surface area contributed by atoms with Gasteiger partial charge in [0, 0.05) is 25.4 Å². The number of hydrogen-bond acceptors (Lipinski definition) is 4. The van der Waals surface area contributed by atoms with Crippen molar-refractivity contribution in [3.05, 3.63) is 41.5 Å². The Kier molecular flexibility index (Phi) is 4.19. The monoisotopic (exact) mass is 340 g/mol. The van der Waals surface area contributed by atoms with Crippen LogP contribution in [0.5, 0.6) is 5.75 Å². The highest BCUT2D eigenvalue weighted by Crippen LogP contribution is 2.34. The van der Waals surface area contributed by atoms with Crippen molar-refractivity contribution in [2.24, 2.45) is 0 Å². The van der Waals surface area contributed by atoms with Gasteiger partial charge in [0.2, 0.25) is 0 Å². The molecule has 0 spiro atoms. The molecule has 2 aliphatic rings. The van der Waals surface area contributed by atoms with Crippen molar-refractivity contribution in [3.8, 4) is 5.75 Å². The Bertz CT molecular complexity index is 785. The van der Waals surface area contributed by atoms with Gasteiger partial charge in [-0.3, -0.25) is 4.79 Å². The fourth-order valence-corrected chi connectivity index (χ4v) is 4.15. The molecule has 0 N–H and O–H groups in total. The lowest BCUT2D eigenvalue weighted by Crippen LogP contribution is -2.42. The summed E-state index contributed by atoms with van der Waals surface area (Å²) < 4.78 is 7.90. The lowest BCUT2D eigenvalue weighted by atomic mass is 10.1. The van der Waals surface area contributed by atoms with E-state index < -0.39 is 0 Å². The van der Waals surface area contributed by atoms with Crippen LogP contribution >= 0.6 is 0 Å². The van der Waals surface area contributed by atoms with Crippen molar-refractivity contribution in [3.63, 3.8) is 0 Å². The number of hydrogen-bond donors (Lipinski definition) is 0. The van der Waals surface area contributed by atoms with Crippen LogP contribution in [0.1, 0.15) is 48.7 Å². The summed E-state index contributed by atoms with van der Waals surface area (Å²) in [6.45, 7) is 5.39. The first-order valence-corrected chi connectivity index (χ1v) is 9.18. The number of benzene rings is 1. The number of amides is 1. The molecule has 6 heteroatoms. The van der Waals surface area contributed by atoms with E-state index in [-0.39, 0.29) is 18.0 Å². The van der Waals surface area contributed by atoms with Crippen molar-refractivity contribution in [1.82, 2.24) is 19.7 Å². The average molecular weight is 340 g/mol. The first-order chi connectivity index (χ1) is 12.2. The van der Waals surface area contributed by atoms with Crippen molar-refractivity contribution in [1.29, 1.82) is 0 Å². The molecule has 25 heavy (non-hydrogen) atoms. The van der Waals surface area contributed by atoms with Gasteiger partial charge in [-0.2, -0.15) is 0 Å². The highest BCUT2D eigenvalue weighted by molar-refractivity contribution is 5.97. The van der Waals surface area contributed by atoms with Gasteiger partial charge in [0.15, 0.2) is 0 Å². The van der Waals surface area contributed by atoms with E-state index in [2.05, 4.69) is 26.6 Å². The van der Waals surface area contributed by atoms with Crippen molar-refractivity contribution < 1.29 is 9.53 Å². The predicted molar refractivity (Wildman–Crippen MR) is 93.7 cm³/mol. The second kappa shape index (κ2) is 6.50. The van der Waals surface area contributed by atoms with E-state index in [4.69, 9.17) is 4.74 Å². The Balaban J connectivity index is 1.66. The molecule has 3 heterocycles. The molecule has 1 saturated heterocycles. The molecule has 0 unspecified atom stereocenters. The number of carbonyl (C=O) groups is 1. The highest BCUT2D eigenvalue weighted by atomic mass is 16.5. The standard InChI is InChI=1S/C19H24N4O2/c1-3-17-20-21-18-11-13-9-10-14(12-22(17)18)23(13)19(24)15-7-5-6-8-16(15)25-4-2/h5-8,13-14H,3-4,9-12H2,1-2H3/t13-,14+/m0/s1. The zero-order valence-electron chi connectivity index (χ0n) is 14.8. The fourth-order valence-electron chi connectivity index (χ4n) is 4.15. The third-order valence-corrected chi connectivity index (χ3v) is 5.30. The Labute approximate surface area is 147 Å². The summed E-state index contributed by atoms with van der Waals surface area (Å²) in [5, 5.41) is 8.68. The molecule has 6 nitrogen and oxygen atoms in total. The summed E-state index contributed by atoms with van der Waals surface area (Å²) >= 11 is 0. The maximum Gasteiger partial charge on any atom is 0.258 e. The second-order valence-corrected chi connectivity index (χ2v) is 6.73. The molecule has 1 amide bonds. The third kappa shape index (κ3) is 2.69. The van der Waals surface area contributed by atoms with Gasteiger partial charge in [-0.05, 0) is 31.9 Å². The minimum Gasteiger partial charge on any atom is -0.493 e. The van der Waals surface area contributed by atoms with E-state index in [1.165, 1.54) is 0 Å². The van der Waals surface area contributed by atoms with Gasteiger partial charge in [-0.25, -0.2) is 0 Å². The molecule has 0 saturated carbocycles.